The molecule has 1 aliphatic rings. The van der Waals surface area contributed by atoms with E-state index in [1.807, 2.05) is 4.90 Å². The highest BCUT2D eigenvalue weighted by Crippen LogP contribution is 2.28. The zero-order valence-electron chi connectivity index (χ0n) is 18.0. The average molecular weight is 390 g/mol. The van der Waals surface area contributed by atoms with E-state index in [9.17, 15) is 9.59 Å². The van der Waals surface area contributed by atoms with Gasteiger partial charge in [0.25, 0.3) is 5.91 Å². The maximum absolute atomic E-state index is 12.5. The molecule has 0 saturated carbocycles. The number of hydrogen-bond acceptors (Lipinski definition) is 4. The fraction of sp³-hybridized carbons (Fsp3) is 0.636. The van der Waals surface area contributed by atoms with Gasteiger partial charge in [0.1, 0.15) is 5.75 Å². The van der Waals surface area contributed by atoms with Crippen LogP contribution in [0.5, 0.6) is 5.75 Å². The van der Waals surface area contributed by atoms with Crippen LogP contribution in [0.2, 0.25) is 0 Å². The van der Waals surface area contributed by atoms with Gasteiger partial charge in [0.15, 0.2) is 0 Å². The van der Waals surface area contributed by atoms with Crippen LogP contribution in [0.1, 0.15) is 44.5 Å². The smallest absolute Gasteiger partial charge is 0.251 e. The number of piperazine rings is 1. The minimum atomic E-state index is -0.0763. The maximum atomic E-state index is 12.5. The zero-order chi connectivity index (χ0) is 20.7. The van der Waals surface area contributed by atoms with Crippen molar-refractivity contribution in [1.29, 1.82) is 0 Å². The largest absolute Gasteiger partial charge is 0.497 e. The average Bonchev–Trinajstić information content (AvgIpc) is 2.67. The quantitative estimate of drug-likeness (QED) is 0.779. The number of ether oxygens (including phenoxy) is 1. The van der Waals surface area contributed by atoms with Crippen LogP contribution in [0, 0.1) is 11.3 Å². The van der Waals surface area contributed by atoms with Crippen molar-refractivity contribution in [3.05, 3.63) is 29.8 Å². The van der Waals surface area contributed by atoms with Crippen molar-refractivity contribution in [2.24, 2.45) is 11.3 Å². The first-order chi connectivity index (χ1) is 13.2. The van der Waals surface area contributed by atoms with Crippen LogP contribution >= 0.6 is 0 Å². The van der Waals surface area contributed by atoms with E-state index in [2.05, 4.69) is 37.9 Å². The Balaban J connectivity index is 1.68. The lowest BCUT2D eigenvalue weighted by Crippen LogP contribution is -2.50. The van der Waals surface area contributed by atoms with E-state index in [0.717, 1.165) is 38.5 Å². The lowest BCUT2D eigenvalue weighted by molar-refractivity contribution is -0.134. The first-order valence-electron chi connectivity index (χ1n) is 10.1. The minimum absolute atomic E-state index is 0.0763. The van der Waals surface area contributed by atoms with Gasteiger partial charge < -0.3 is 15.0 Å². The molecule has 0 spiro atoms. The Morgan fingerprint density at radius 2 is 1.71 bits per heavy atom. The van der Waals surface area contributed by atoms with Crippen molar-refractivity contribution in [1.82, 2.24) is 15.1 Å². The molecule has 6 nitrogen and oxygen atoms in total. The lowest BCUT2D eigenvalue weighted by Gasteiger charge is -2.36. The molecule has 6 heteroatoms. The monoisotopic (exact) mass is 389 g/mol. The van der Waals surface area contributed by atoms with Crippen molar-refractivity contribution in [3.63, 3.8) is 0 Å². The van der Waals surface area contributed by atoms with Crippen LogP contribution in [0.25, 0.3) is 0 Å². The molecular weight excluding hydrogens is 354 g/mol. The molecule has 1 N–H and O–H groups in total. The number of rotatable bonds is 7. The Morgan fingerprint density at radius 1 is 1.11 bits per heavy atom. The minimum Gasteiger partial charge on any atom is -0.497 e. The van der Waals surface area contributed by atoms with Crippen LogP contribution in [-0.2, 0) is 4.79 Å². The van der Waals surface area contributed by atoms with E-state index < -0.39 is 0 Å². The second-order valence-electron chi connectivity index (χ2n) is 8.68. The van der Waals surface area contributed by atoms with E-state index in [1.165, 1.54) is 0 Å². The Morgan fingerprint density at radius 3 is 2.25 bits per heavy atom. The van der Waals surface area contributed by atoms with Crippen molar-refractivity contribution < 1.29 is 14.3 Å². The van der Waals surface area contributed by atoms with Gasteiger partial charge in [-0.25, -0.2) is 0 Å². The molecule has 2 amide bonds. The summed E-state index contributed by atoms with van der Waals surface area (Å²) in [7, 11) is 1.60. The number of methoxy groups -OCH3 is 1. The fourth-order valence-electron chi connectivity index (χ4n) is 3.09. The van der Waals surface area contributed by atoms with Crippen LogP contribution in [-0.4, -0.2) is 68.0 Å². The van der Waals surface area contributed by atoms with Gasteiger partial charge in [-0.2, -0.15) is 0 Å². The molecule has 1 atom stereocenters. The van der Waals surface area contributed by atoms with Crippen LogP contribution in [0.3, 0.4) is 0 Å². The number of nitrogens with zero attached hydrogens (tertiary/aromatic N) is 2. The normalized spacial score (nSPS) is 16.5. The predicted octanol–water partition coefficient (Wildman–Crippen LogP) is 2.64. The molecule has 2 rings (SSSR count). The predicted molar refractivity (Wildman–Crippen MR) is 112 cm³/mol. The Labute approximate surface area is 169 Å². The molecule has 156 valence electrons. The van der Waals surface area contributed by atoms with Gasteiger partial charge in [-0.05, 0) is 35.6 Å². The third kappa shape index (κ3) is 6.51. The zero-order valence-corrected chi connectivity index (χ0v) is 18.0. The second kappa shape index (κ2) is 9.92. The fourth-order valence-corrected chi connectivity index (χ4v) is 3.09. The third-order valence-corrected chi connectivity index (χ3v) is 5.75. The van der Waals surface area contributed by atoms with E-state index in [4.69, 9.17) is 4.74 Å². The summed E-state index contributed by atoms with van der Waals surface area (Å²) in [6, 6.07) is 7.09. The summed E-state index contributed by atoms with van der Waals surface area (Å²) >= 11 is 0. The molecule has 28 heavy (non-hydrogen) atoms. The Kier molecular flexibility index (Phi) is 7.87. The van der Waals surface area contributed by atoms with Crippen molar-refractivity contribution >= 4 is 11.8 Å². The number of carbonyl (C=O) groups excluding carboxylic acids is 2. The molecule has 1 saturated heterocycles. The number of amides is 2. The number of carbonyl (C=O) groups is 2. The van der Waals surface area contributed by atoms with Crippen LogP contribution < -0.4 is 10.1 Å². The molecule has 0 aromatic heterocycles. The van der Waals surface area contributed by atoms with E-state index >= 15 is 0 Å². The third-order valence-electron chi connectivity index (χ3n) is 5.75. The Hall–Kier alpha value is -2.08. The number of nitrogens with one attached hydrogen (secondary N) is 1. The topological polar surface area (TPSA) is 61.9 Å². The van der Waals surface area contributed by atoms with Crippen molar-refractivity contribution in [3.8, 4) is 5.75 Å². The van der Waals surface area contributed by atoms with Gasteiger partial charge in [-0.15, -0.1) is 0 Å². The summed E-state index contributed by atoms with van der Waals surface area (Å²) in [5.41, 5.74) is 0.781. The maximum Gasteiger partial charge on any atom is 0.251 e. The lowest BCUT2D eigenvalue weighted by atomic mass is 9.80. The summed E-state index contributed by atoms with van der Waals surface area (Å²) in [6.07, 6.45) is 0.613. The summed E-state index contributed by atoms with van der Waals surface area (Å²) < 4.78 is 5.11. The van der Waals surface area contributed by atoms with Gasteiger partial charge in [-0.1, -0.05) is 27.7 Å². The highest BCUT2D eigenvalue weighted by Gasteiger charge is 2.27. The van der Waals surface area contributed by atoms with Crippen LogP contribution in [0.15, 0.2) is 24.3 Å². The van der Waals surface area contributed by atoms with E-state index in [1.54, 1.807) is 31.4 Å². The van der Waals surface area contributed by atoms with Gasteiger partial charge in [0, 0.05) is 51.3 Å². The van der Waals surface area contributed by atoms with Crippen LogP contribution in [0.4, 0.5) is 0 Å². The SMILES string of the molecule is COc1ccc(C(=O)NCCN2CCN(C(=O)CC(C)C(C)(C)C)CC2)cc1. The molecular formula is C22H35N3O3. The first kappa shape index (κ1) is 22.2. The van der Waals surface area contributed by atoms with E-state index in [-0.39, 0.29) is 17.2 Å². The summed E-state index contributed by atoms with van der Waals surface area (Å²) in [6.45, 7) is 13.3. The first-order valence-corrected chi connectivity index (χ1v) is 10.1. The summed E-state index contributed by atoms with van der Waals surface area (Å²) in [5.74, 6) is 1.29. The van der Waals surface area contributed by atoms with Crippen molar-refractivity contribution in [2.75, 3.05) is 46.4 Å². The molecule has 1 aliphatic heterocycles. The molecule has 1 fully saturated rings. The van der Waals surface area contributed by atoms with Gasteiger partial charge in [-0.3, -0.25) is 14.5 Å². The van der Waals surface area contributed by atoms with E-state index in [0.29, 0.717) is 24.4 Å². The second-order valence-corrected chi connectivity index (χ2v) is 8.68. The molecule has 1 aromatic carbocycles. The highest BCUT2D eigenvalue weighted by molar-refractivity contribution is 5.94. The molecule has 0 aliphatic carbocycles. The summed E-state index contributed by atoms with van der Waals surface area (Å²) in [4.78, 5) is 29.0. The number of benzene rings is 1. The van der Waals surface area contributed by atoms with Gasteiger partial charge in [0.05, 0.1) is 7.11 Å². The molecule has 1 aromatic rings. The molecule has 0 bridgehead atoms. The summed E-state index contributed by atoms with van der Waals surface area (Å²) in [5, 5.41) is 2.96. The molecule has 1 unspecified atom stereocenters. The molecule has 1 heterocycles. The number of hydrogen-bond donors (Lipinski definition) is 1. The molecule has 0 radical (unpaired) electrons. The van der Waals surface area contributed by atoms with Crippen molar-refractivity contribution in [2.45, 2.75) is 34.1 Å². The van der Waals surface area contributed by atoms with Gasteiger partial charge >= 0.3 is 0 Å². The van der Waals surface area contributed by atoms with Gasteiger partial charge in [0.2, 0.25) is 5.91 Å². The Bertz CT molecular complexity index is 644. The standard InChI is InChI=1S/C22H35N3O3/c1-17(22(2,3)4)16-20(26)25-14-12-24(13-15-25)11-10-23-21(27)18-6-8-19(28-5)9-7-18/h6-9,17H,10-16H2,1-5H3,(H,23,27). The highest BCUT2D eigenvalue weighted by atomic mass is 16.5.